The van der Waals surface area contributed by atoms with Gasteiger partial charge >= 0.3 is 5.69 Å². The quantitative estimate of drug-likeness (QED) is 0.576. The number of aromatic amines is 1. The van der Waals surface area contributed by atoms with Gasteiger partial charge in [0.2, 0.25) is 0 Å². The van der Waals surface area contributed by atoms with E-state index in [-0.39, 0.29) is 5.69 Å². The van der Waals surface area contributed by atoms with E-state index in [2.05, 4.69) is 15.0 Å². The highest BCUT2D eigenvalue weighted by molar-refractivity contribution is 5.91. The highest BCUT2D eigenvalue weighted by Crippen LogP contribution is 2.19. The molecule has 0 radical (unpaired) electrons. The minimum absolute atomic E-state index is 0.368. The summed E-state index contributed by atoms with van der Waals surface area (Å²) in [6, 6.07) is 7.97. The molecule has 2 aromatic heterocycles. The number of fused-ring (bicyclic) bond motifs is 2. The fourth-order valence-corrected chi connectivity index (χ4v) is 1.82. The van der Waals surface area contributed by atoms with Crippen LogP contribution in [0.15, 0.2) is 35.3 Å². The molecule has 3 aromatic rings. The topological polar surface area (TPSA) is 58.6 Å². The number of aryl methyl sites for hydroxylation is 1. The smallest absolute Gasteiger partial charge is 0.290 e. The second-order valence-corrected chi connectivity index (χ2v) is 3.76. The van der Waals surface area contributed by atoms with Gasteiger partial charge in [0.25, 0.3) is 0 Å². The highest BCUT2D eigenvalue weighted by Gasteiger charge is 2.02. The van der Waals surface area contributed by atoms with Crippen molar-refractivity contribution in [2.75, 3.05) is 0 Å². The number of para-hydroxylation sites is 1. The highest BCUT2D eigenvalue weighted by atomic mass is 16.1. The number of hydrogen-bond donors (Lipinski definition) is 1. The van der Waals surface area contributed by atoms with Crippen LogP contribution in [0.3, 0.4) is 0 Å². The summed E-state index contributed by atoms with van der Waals surface area (Å²) in [5.41, 5.74) is 2.23. The van der Waals surface area contributed by atoms with E-state index in [1.807, 2.05) is 31.2 Å². The Morgan fingerprint density at radius 1 is 1.25 bits per heavy atom. The molecule has 0 spiro atoms. The Bertz CT molecular complexity index is 746. The fourth-order valence-electron chi connectivity index (χ4n) is 1.82. The van der Waals surface area contributed by atoms with Crippen molar-refractivity contribution in [3.8, 4) is 0 Å². The van der Waals surface area contributed by atoms with Crippen molar-refractivity contribution in [3.05, 3.63) is 46.5 Å². The van der Waals surface area contributed by atoms with Gasteiger partial charge < -0.3 is 0 Å². The van der Waals surface area contributed by atoms with Crippen molar-refractivity contribution in [1.29, 1.82) is 0 Å². The van der Waals surface area contributed by atoms with Crippen LogP contribution in [-0.4, -0.2) is 15.0 Å². The Morgan fingerprint density at radius 3 is 3.00 bits per heavy atom. The molecule has 78 valence electrons. The lowest BCUT2D eigenvalue weighted by Crippen LogP contribution is -2.09. The zero-order valence-corrected chi connectivity index (χ0v) is 8.69. The van der Waals surface area contributed by atoms with E-state index in [0.717, 1.165) is 21.9 Å². The lowest BCUT2D eigenvalue weighted by atomic mass is 10.1. The third kappa shape index (κ3) is 1.27. The number of nitrogens with zero attached hydrogens (tertiary/aromatic N) is 2. The van der Waals surface area contributed by atoms with Crippen LogP contribution in [-0.2, 0) is 0 Å². The van der Waals surface area contributed by atoms with Gasteiger partial charge in [0, 0.05) is 17.0 Å². The molecule has 2 heterocycles. The lowest BCUT2D eigenvalue weighted by molar-refractivity contribution is 1.10. The van der Waals surface area contributed by atoms with Gasteiger partial charge in [0.1, 0.15) is 5.65 Å². The van der Waals surface area contributed by atoms with Gasteiger partial charge in [0.15, 0.2) is 0 Å². The van der Waals surface area contributed by atoms with Crippen LogP contribution in [0.2, 0.25) is 0 Å². The fraction of sp³-hybridized carbons (Fsp3) is 0.0833. The summed E-state index contributed by atoms with van der Waals surface area (Å²) in [5, 5.41) is 1.90. The normalized spacial score (nSPS) is 11.1. The molecule has 0 atom stereocenters. The van der Waals surface area contributed by atoms with Crippen LogP contribution in [0.25, 0.3) is 21.9 Å². The molecule has 4 heteroatoms. The van der Waals surface area contributed by atoms with Crippen molar-refractivity contribution in [2.45, 2.75) is 6.92 Å². The third-order valence-electron chi connectivity index (χ3n) is 2.62. The molecule has 0 fully saturated rings. The van der Waals surface area contributed by atoms with E-state index < -0.39 is 0 Å². The predicted molar refractivity (Wildman–Crippen MR) is 62.4 cm³/mol. The van der Waals surface area contributed by atoms with Crippen molar-refractivity contribution >= 4 is 21.9 Å². The van der Waals surface area contributed by atoms with Crippen molar-refractivity contribution in [3.63, 3.8) is 0 Å². The summed E-state index contributed by atoms with van der Waals surface area (Å²) in [6.07, 6.45) is 1.54. The Balaban J connectivity index is 2.54. The molecule has 0 amide bonds. The number of aromatic nitrogens is 3. The first-order valence-electron chi connectivity index (χ1n) is 4.99. The van der Waals surface area contributed by atoms with E-state index in [4.69, 9.17) is 0 Å². The molecule has 3 rings (SSSR count). The molecular formula is C12H9N3O. The number of hydrogen-bond acceptors (Lipinski definition) is 3. The molecule has 0 aliphatic carbocycles. The number of nitrogens with one attached hydrogen (secondary N) is 1. The summed E-state index contributed by atoms with van der Waals surface area (Å²) in [6.45, 7) is 2.00. The number of H-pyrrole nitrogens is 1. The zero-order valence-electron chi connectivity index (χ0n) is 8.69. The van der Waals surface area contributed by atoms with Gasteiger partial charge in [0.05, 0.1) is 5.52 Å². The van der Waals surface area contributed by atoms with Gasteiger partial charge in [-0.2, -0.15) is 0 Å². The van der Waals surface area contributed by atoms with E-state index in [1.54, 1.807) is 6.20 Å². The number of pyridine rings is 1. The summed E-state index contributed by atoms with van der Waals surface area (Å²) in [7, 11) is 0. The summed E-state index contributed by atoms with van der Waals surface area (Å²) >= 11 is 0. The van der Waals surface area contributed by atoms with E-state index >= 15 is 0 Å². The Kier molecular flexibility index (Phi) is 1.77. The van der Waals surface area contributed by atoms with Crippen LogP contribution in [0.4, 0.5) is 0 Å². The summed E-state index contributed by atoms with van der Waals surface area (Å²) in [5.74, 6) is 0. The van der Waals surface area contributed by atoms with E-state index in [0.29, 0.717) is 5.65 Å². The first kappa shape index (κ1) is 9.03. The van der Waals surface area contributed by atoms with Crippen molar-refractivity contribution in [2.24, 2.45) is 0 Å². The molecule has 0 saturated carbocycles. The molecule has 16 heavy (non-hydrogen) atoms. The van der Waals surface area contributed by atoms with Crippen LogP contribution < -0.4 is 5.69 Å². The van der Waals surface area contributed by atoms with Gasteiger partial charge in [-0.3, -0.25) is 4.98 Å². The molecule has 4 nitrogen and oxygen atoms in total. The monoisotopic (exact) mass is 211 g/mol. The Morgan fingerprint density at radius 2 is 2.12 bits per heavy atom. The van der Waals surface area contributed by atoms with Crippen molar-refractivity contribution in [1.82, 2.24) is 15.0 Å². The molecule has 0 aliphatic heterocycles. The second-order valence-electron chi connectivity index (χ2n) is 3.76. The third-order valence-corrected chi connectivity index (χ3v) is 2.62. The molecule has 0 saturated heterocycles. The van der Waals surface area contributed by atoms with E-state index in [9.17, 15) is 4.79 Å². The maximum absolute atomic E-state index is 11.1. The maximum atomic E-state index is 11.1. The number of rotatable bonds is 0. The molecule has 0 bridgehead atoms. The Hall–Kier alpha value is -2.23. The van der Waals surface area contributed by atoms with Crippen LogP contribution in [0.5, 0.6) is 0 Å². The maximum Gasteiger partial charge on any atom is 0.346 e. The zero-order chi connectivity index (χ0) is 11.1. The van der Waals surface area contributed by atoms with E-state index in [1.165, 1.54) is 0 Å². The standard InChI is InChI=1S/C12H9N3O/c1-7-3-2-4-8-5-9-6-13-12(16)15-11(9)14-10(7)8/h2-6H,1H3,(H,13,14,15,16). The largest absolute Gasteiger partial charge is 0.346 e. The van der Waals surface area contributed by atoms with Crippen LogP contribution in [0.1, 0.15) is 5.56 Å². The molecular weight excluding hydrogens is 202 g/mol. The first-order chi connectivity index (χ1) is 7.74. The minimum atomic E-state index is -0.368. The van der Waals surface area contributed by atoms with Gasteiger partial charge in [-0.1, -0.05) is 18.2 Å². The van der Waals surface area contributed by atoms with Crippen molar-refractivity contribution < 1.29 is 0 Å². The molecule has 1 aromatic carbocycles. The average Bonchev–Trinajstić information content (AvgIpc) is 2.28. The summed E-state index contributed by atoms with van der Waals surface area (Å²) < 4.78 is 0. The second kappa shape index (κ2) is 3.13. The van der Waals surface area contributed by atoms with Gasteiger partial charge in [-0.05, 0) is 18.6 Å². The molecule has 1 N–H and O–H groups in total. The average molecular weight is 211 g/mol. The molecule has 0 aliphatic rings. The summed E-state index contributed by atoms with van der Waals surface area (Å²) in [4.78, 5) is 21.9. The van der Waals surface area contributed by atoms with Gasteiger partial charge in [-0.25, -0.2) is 14.8 Å². The van der Waals surface area contributed by atoms with Crippen LogP contribution >= 0.6 is 0 Å². The predicted octanol–water partition coefficient (Wildman–Crippen LogP) is 1.78. The lowest BCUT2D eigenvalue weighted by Gasteiger charge is -2.02. The number of benzene rings is 1. The van der Waals surface area contributed by atoms with Gasteiger partial charge in [-0.15, -0.1) is 0 Å². The van der Waals surface area contributed by atoms with Crippen LogP contribution in [0, 0.1) is 6.92 Å². The minimum Gasteiger partial charge on any atom is -0.290 e. The first-order valence-corrected chi connectivity index (χ1v) is 4.99. The Labute approximate surface area is 91.0 Å². The SMILES string of the molecule is Cc1cccc2cc3cnc(=O)[nH]c3nc12. The molecule has 0 unspecified atom stereocenters.